The summed E-state index contributed by atoms with van der Waals surface area (Å²) in [6.07, 6.45) is 5.07. The quantitative estimate of drug-likeness (QED) is 0.847. The topological polar surface area (TPSA) is 21.3 Å². The smallest absolute Gasteiger partial charge is 0.123 e. The van der Waals surface area contributed by atoms with Crippen molar-refractivity contribution in [3.8, 4) is 5.75 Å². The summed E-state index contributed by atoms with van der Waals surface area (Å²) in [7, 11) is 1.62. The minimum Gasteiger partial charge on any atom is -0.496 e. The van der Waals surface area contributed by atoms with E-state index < -0.39 is 0 Å². The number of hydrogen-bond acceptors (Lipinski definition) is 2. The van der Waals surface area contributed by atoms with Gasteiger partial charge in [-0.25, -0.2) is 4.39 Å². The van der Waals surface area contributed by atoms with E-state index in [4.69, 9.17) is 4.74 Å². The molecule has 1 saturated carbocycles. The Kier molecular flexibility index (Phi) is 3.78. The van der Waals surface area contributed by atoms with Crippen molar-refractivity contribution < 1.29 is 9.13 Å². The van der Waals surface area contributed by atoms with Crippen molar-refractivity contribution in [3.63, 3.8) is 0 Å². The molecule has 0 unspecified atom stereocenters. The zero-order valence-electron chi connectivity index (χ0n) is 9.63. The highest BCUT2D eigenvalue weighted by Gasteiger charge is 2.14. The van der Waals surface area contributed by atoms with Gasteiger partial charge in [-0.15, -0.1) is 0 Å². The Morgan fingerprint density at radius 1 is 1.38 bits per heavy atom. The van der Waals surface area contributed by atoms with E-state index in [1.807, 2.05) is 0 Å². The standard InChI is InChI=1S/C13H18FNO/c1-16-13-7-6-11(14)8-10(13)9-15-12-4-2-3-5-12/h6-8,12,15H,2-5,9H2,1H3. The maximum atomic E-state index is 13.1. The Morgan fingerprint density at radius 3 is 2.81 bits per heavy atom. The van der Waals surface area contributed by atoms with Crippen LogP contribution in [-0.2, 0) is 6.54 Å². The molecule has 0 bridgehead atoms. The Hall–Kier alpha value is -1.09. The Bertz CT molecular complexity index is 348. The van der Waals surface area contributed by atoms with Crippen LogP contribution in [0.25, 0.3) is 0 Å². The lowest BCUT2D eigenvalue weighted by Crippen LogP contribution is -2.25. The number of rotatable bonds is 4. The second kappa shape index (κ2) is 5.30. The number of hydrogen-bond donors (Lipinski definition) is 1. The van der Waals surface area contributed by atoms with E-state index in [9.17, 15) is 4.39 Å². The van der Waals surface area contributed by atoms with Crippen LogP contribution in [0.15, 0.2) is 18.2 Å². The zero-order valence-corrected chi connectivity index (χ0v) is 9.63. The molecule has 0 aromatic heterocycles. The average molecular weight is 223 g/mol. The lowest BCUT2D eigenvalue weighted by molar-refractivity contribution is 0.403. The third-order valence-electron chi connectivity index (χ3n) is 3.18. The molecule has 1 aliphatic carbocycles. The van der Waals surface area contributed by atoms with Crippen LogP contribution in [0, 0.1) is 5.82 Å². The monoisotopic (exact) mass is 223 g/mol. The van der Waals surface area contributed by atoms with E-state index >= 15 is 0 Å². The molecule has 2 rings (SSSR count). The van der Waals surface area contributed by atoms with Gasteiger partial charge in [0, 0.05) is 18.2 Å². The molecule has 1 fully saturated rings. The van der Waals surface area contributed by atoms with E-state index in [0.717, 1.165) is 11.3 Å². The summed E-state index contributed by atoms with van der Waals surface area (Å²) in [5.74, 6) is 0.552. The molecule has 0 spiro atoms. The van der Waals surface area contributed by atoms with Crippen molar-refractivity contribution in [2.45, 2.75) is 38.3 Å². The molecule has 1 aliphatic rings. The maximum absolute atomic E-state index is 13.1. The fourth-order valence-electron chi connectivity index (χ4n) is 2.27. The van der Waals surface area contributed by atoms with Gasteiger partial charge in [-0.05, 0) is 31.0 Å². The molecule has 0 heterocycles. The predicted molar refractivity (Wildman–Crippen MR) is 62.0 cm³/mol. The number of methoxy groups -OCH3 is 1. The fourth-order valence-corrected chi connectivity index (χ4v) is 2.27. The van der Waals surface area contributed by atoms with Gasteiger partial charge in [0.25, 0.3) is 0 Å². The van der Waals surface area contributed by atoms with Crippen molar-refractivity contribution in [1.82, 2.24) is 5.32 Å². The molecule has 1 N–H and O–H groups in total. The third kappa shape index (κ3) is 2.73. The molecule has 88 valence electrons. The van der Waals surface area contributed by atoms with Crippen LogP contribution in [0.4, 0.5) is 4.39 Å². The van der Waals surface area contributed by atoms with Crippen molar-refractivity contribution >= 4 is 0 Å². The van der Waals surface area contributed by atoms with Gasteiger partial charge >= 0.3 is 0 Å². The summed E-state index contributed by atoms with van der Waals surface area (Å²) in [6.45, 7) is 0.686. The minimum absolute atomic E-state index is 0.205. The lowest BCUT2D eigenvalue weighted by atomic mass is 10.1. The highest BCUT2D eigenvalue weighted by atomic mass is 19.1. The molecule has 0 atom stereocenters. The first-order chi connectivity index (χ1) is 7.79. The predicted octanol–water partition coefficient (Wildman–Crippen LogP) is 2.87. The molecule has 0 radical (unpaired) electrons. The fraction of sp³-hybridized carbons (Fsp3) is 0.538. The molecule has 16 heavy (non-hydrogen) atoms. The maximum Gasteiger partial charge on any atom is 0.123 e. The number of halogens is 1. The molecule has 0 amide bonds. The van der Waals surface area contributed by atoms with Gasteiger partial charge in [0.1, 0.15) is 11.6 Å². The van der Waals surface area contributed by atoms with Crippen molar-refractivity contribution in [1.29, 1.82) is 0 Å². The van der Waals surface area contributed by atoms with E-state index in [1.54, 1.807) is 19.2 Å². The Labute approximate surface area is 95.8 Å². The van der Waals surface area contributed by atoms with Gasteiger partial charge in [-0.3, -0.25) is 0 Å². The molecule has 0 aliphatic heterocycles. The van der Waals surface area contributed by atoms with Crippen LogP contribution in [0.5, 0.6) is 5.75 Å². The summed E-state index contributed by atoms with van der Waals surface area (Å²) >= 11 is 0. The Balaban J connectivity index is 1.98. The Morgan fingerprint density at radius 2 is 2.12 bits per heavy atom. The number of nitrogens with one attached hydrogen (secondary N) is 1. The molecule has 0 saturated heterocycles. The van der Waals surface area contributed by atoms with Crippen LogP contribution >= 0.6 is 0 Å². The summed E-state index contributed by atoms with van der Waals surface area (Å²) in [6, 6.07) is 5.24. The van der Waals surface area contributed by atoms with Crippen LogP contribution in [0.3, 0.4) is 0 Å². The summed E-state index contributed by atoms with van der Waals surface area (Å²) < 4.78 is 18.3. The van der Waals surface area contributed by atoms with E-state index in [1.165, 1.54) is 31.7 Å². The molecule has 1 aromatic rings. The number of benzene rings is 1. The minimum atomic E-state index is -0.205. The average Bonchev–Trinajstić information content (AvgIpc) is 2.79. The highest BCUT2D eigenvalue weighted by Crippen LogP contribution is 2.22. The summed E-state index contributed by atoms with van der Waals surface area (Å²) in [5, 5.41) is 3.45. The van der Waals surface area contributed by atoms with E-state index in [-0.39, 0.29) is 5.82 Å². The lowest BCUT2D eigenvalue weighted by Gasteiger charge is -2.14. The van der Waals surface area contributed by atoms with Gasteiger partial charge in [0.2, 0.25) is 0 Å². The number of ether oxygens (including phenoxy) is 1. The normalized spacial score (nSPS) is 16.6. The first kappa shape index (κ1) is 11.4. The van der Waals surface area contributed by atoms with Gasteiger partial charge in [-0.1, -0.05) is 12.8 Å². The third-order valence-corrected chi connectivity index (χ3v) is 3.18. The molecule has 3 heteroatoms. The van der Waals surface area contributed by atoms with Crippen LogP contribution in [0.2, 0.25) is 0 Å². The molecular weight excluding hydrogens is 205 g/mol. The largest absolute Gasteiger partial charge is 0.496 e. The van der Waals surface area contributed by atoms with Gasteiger partial charge in [0.05, 0.1) is 7.11 Å². The zero-order chi connectivity index (χ0) is 11.4. The highest BCUT2D eigenvalue weighted by molar-refractivity contribution is 5.33. The summed E-state index contributed by atoms with van der Waals surface area (Å²) in [4.78, 5) is 0. The van der Waals surface area contributed by atoms with Gasteiger partial charge in [-0.2, -0.15) is 0 Å². The second-order valence-corrected chi connectivity index (χ2v) is 4.32. The summed E-state index contributed by atoms with van der Waals surface area (Å²) in [5.41, 5.74) is 0.898. The first-order valence-electron chi connectivity index (χ1n) is 5.85. The van der Waals surface area contributed by atoms with Crippen LogP contribution in [-0.4, -0.2) is 13.2 Å². The van der Waals surface area contributed by atoms with Crippen molar-refractivity contribution in [2.75, 3.05) is 7.11 Å². The van der Waals surface area contributed by atoms with Gasteiger partial charge < -0.3 is 10.1 Å². The first-order valence-corrected chi connectivity index (χ1v) is 5.85. The van der Waals surface area contributed by atoms with E-state index in [2.05, 4.69) is 5.32 Å². The van der Waals surface area contributed by atoms with Crippen LogP contribution in [0.1, 0.15) is 31.2 Å². The van der Waals surface area contributed by atoms with Gasteiger partial charge in [0.15, 0.2) is 0 Å². The second-order valence-electron chi connectivity index (χ2n) is 4.32. The SMILES string of the molecule is COc1ccc(F)cc1CNC1CCCC1. The molecular formula is C13H18FNO. The van der Waals surface area contributed by atoms with Crippen molar-refractivity contribution in [2.24, 2.45) is 0 Å². The van der Waals surface area contributed by atoms with Crippen LogP contribution < -0.4 is 10.1 Å². The molecule has 2 nitrogen and oxygen atoms in total. The van der Waals surface area contributed by atoms with E-state index in [0.29, 0.717) is 12.6 Å². The molecule has 1 aromatic carbocycles. The van der Waals surface area contributed by atoms with Crippen molar-refractivity contribution in [3.05, 3.63) is 29.6 Å².